The van der Waals surface area contributed by atoms with Crippen LogP contribution in [0.3, 0.4) is 0 Å². The first kappa shape index (κ1) is 17.5. The van der Waals surface area contributed by atoms with Crippen molar-refractivity contribution in [2.24, 2.45) is 0 Å². The maximum Gasteiger partial charge on any atom is 0.251 e. The molecule has 2 rings (SSSR count). The number of aryl methyl sites for hydroxylation is 1. The van der Waals surface area contributed by atoms with Crippen molar-refractivity contribution in [1.82, 2.24) is 10.6 Å². The molecule has 2 N–H and O–H groups in total. The number of carbonyl (C=O) groups is 2. The van der Waals surface area contributed by atoms with E-state index in [1.54, 1.807) is 31.4 Å². The first-order valence-electron chi connectivity index (χ1n) is 7.89. The number of nitrogens with one attached hydrogen (secondary N) is 2. The Morgan fingerprint density at radius 1 is 1.04 bits per heavy atom. The fraction of sp³-hybridized carbons (Fsp3) is 0.263. The standard InChI is InChI=1S/C19H22N2O3/c1-3-15-11-14(9-10-17(15)24-2)12-20-18(22)13-21-19(23)16-7-5-4-6-8-16/h4-11H,3,12-13H2,1-2H3,(H,20,22)(H,21,23). The highest BCUT2D eigenvalue weighted by molar-refractivity contribution is 5.96. The van der Waals surface area contributed by atoms with Crippen LogP contribution in [-0.2, 0) is 17.8 Å². The van der Waals surface area contributed by atoms with E-state index in [1.165, 1.54) is 0 Å². The van der Waals surface area contributed by atoms with Gasteiger partial charge >= 0.3 is 0 Å². The lowest BCUT2D eigenvalue weighted by atomic mass is 10.1. The number of carbonyl (C=O) groups excluding carboxylic acids is 2. The van der Waals surface area contributed by atoms with E-state index in [9.17, 15) is 9.59 Å². The third-order valence-electron chi connectivity index (χ3n) is 3.66. The third-order valence-corrected chi connectivity index (χ3v) is 3.66. The molecule has 0 fully saturated rings. The van der Waals surface area contributed by atoms with Crippen LogP contribution in [0.2, 0.25) is 0 Å². The van der Waals surface area contributed by atoms with E-state index >= 15 is 0 Å². The minimum atomic E-state index is -0.261. The number of amides is 2. The zero-order valence-corrected chi connectivity index (χ0v) is 14.0. The quantitative estimate of drug-likeness (QED) is 0.820. The van der Waals surface area contributed by atoms with Crippen LogP contribution in [0.4, 0.5) is 0 Å². The fourth-order valence-electron chi connectivity index (χ4n) is 2.33. The van der Waals surface area contributed by atoms with Crippen LogP contribution in [0.25, 0.3) is 0 Å². The number of benzene rings is 2. The maximum absolute atomic E-state index is 11.9. The van der Waals surface area contributed by atoms with Gasteiger partial charge in [-0.2, -0.15) is 0 Å². The van der Waals surface area contributed by atoms with Gasteiger partial charge in [0.05, 0.1) is 13.7 Å². The van der Waals surface area contributed by atoms with E-state index in [2.05, 4.69) is 17.6 Å². The third kappa shape index (κ3) is 4.84. The highest BCUT2D eigenvalue weighted by Gasteiger charge is 2.08. The van der Waals surface area contributed by atoms with Crippen LogP contribution < -0.4 is 15.4 Å². The van der Waals surface area contributed by atoms with Gasteiger partial charge in [-0.1, -0.05) is 37.3 Å². The van der Waals surface area contributed by atoms with Crippen molar-refractivity contribution in [3.05, 3.63) is 65.2 Å². The summed E-state index contributed by atoms with van der Waals surface area (Å²) in [5.41, 5.74) is 2.63. The number of hydrogen-bond donors (Lipinski definition) is 2. The Balaban J connectivity index is 1.82. The van der Waals surface area contributed by atoms with Gasteiger partial charge in [-0.05, 0) is 35.7 Å². The van der Waals surface area contributed by atoms with Crippen molar-refractivity contribution < 1.29 is 14.3 Å². The van der Waals surface area contributed by atoms with Crippen molar-refractivity contribution in [2.75, 3.05) is 13.7 Å². The molecular weight excluding hydrogens is 304 g/mol. The van der Waals surface area contributed by atoms with Gasteiger partial charge in [-0.15, -0.1) is 0 Å². The summed E-state index contributed by atoms with van der Waals surface area (Å²) >= 11 is 0. The van der Waals surface area contributed by atoms with E-state index in [0.29, 0.717) is 12.1 Å². The second-order valence-corrected chi connectivity index (χ2v) is 5.33. The molecule has 0 radical (unpaired) electrons. The first-order chi connectivity index (χ1) is 11.6. The average molecular weight is 326 g/mol. The molecule has 0 heterocycles. The maximum atomic E-state index is 11.9. The normalized spacial score (nSPS) is 10.1. The Bertz CT molecular complexity index is 699. The lowest BCUT2D eigenvalue weighted by Gasteiger charge is -2.10. The van der Waals surface area contributed by atoms with E-state index in [4.69, 9.17) is 4.74 Å². The van der Waals surface area contributed by atoms with Crippen molar-refractivity contribution in [2.45, 2.75) is 19.9 Å². The Morgan fingerprint density at radius 3 is 2.46 bits per heavy atom. The Morgan fingerprint density at radius 2 is 1.79 bits per heavy atom. The zero-order valence-electron chi connectivity index (χ0n) is 14.0. The summed E-state index contributed by atoms with van der Waals surface area (Å²) < 4.78 is 5.29. The molecule has 0 saturated carbocycles. The molecule has 24 heavy (non-hydrogen) atoms. The molecule has 0 bridgehead atoms. The van der Waals surface area contributed by atoms with Crippen LogP contribution >= 0.6 is 0 Å². The van der Waals surface area contributed by atoms with Crippen LogP contribution in [0.15, 0.2) is 48.5 Å². The molecular formula is C19H22N2O3. The lowest BCUT2D eigenvalue weighted by molar-refractivity contribution is -0.120. The highest BCUT2D eigenvalue weighted by Crippen LogP contribution is 2.20. The SMILES string of the molecule is CCc1cc(CNC(=O)CNC(=O)c2ccccc2)ccc1OC. The Kier molecular flexibility index (Phi) is 6.37. The summed E-state index contributed by atoms with van der Waals surface area (Å²) in [6.07, 6.45) is 0.859. The number of ether oxygens (including phenoxy) is 1. The topological polar surface area (TPSA) is 67.4 Å². The molecule has 5 nitrogen and oxygen atoms in total. The monoisotopic (exact) mass is 326 g/mol. The Labute approximate surface area is 142 Å². The van der Waals surface area contributed by atoms with Gasteiger partial charge in [0, 0.05) is 12.1 Å². The molecule has 2 aromatic rings. The van der Waals surface area contributed by atoms with Crippen LogP contribution in [-0.4, -0.2) is 25.5 Å². The zero-order chi connectivity index (χ0) is 17.4. The largest absolute Gasteiger partial charge is 0.496 e. The van der Waals surface area contributed by atoms with Gasteiger partial charge in [0.1, 0.15) is 5.75 Å². The van der Waals surface area contributed by atoms with E-state index in [-0.39, 0.29) is 18.4 Å². The molecule has 2 amide bonds. The predicted molar refractivity (Wildman–Crippen MR) is 93.0 cm³/mol. The van der Waals surface area contributed by atoms with E-state index in [0.717, 1.165) is 23.3 Å². The van der Waals surface area contributed by atoms with Crippen LogP contribution in [0, 0.1) is 0 Å². The summed E-state index contributed by atoms with van der Waals surface area (Å²) in [4.78, 5) is 23.8. The van der Waals surface area contributed by atoms with Crippen molar-refractivity contribution in [1.29, 1.82) is 0 Å². The smallest absolute Gasteiger partial charge is 0.251 e. The van der Waals surface area contributed by atoms with Crippen LogP contribution in [0.1, 0.15) is 28.4 Å². The summed E-state index contributed by atoms with van der Waals surface area (Å²) in [5.74, 6) is 0.360. The molecule has 0 unspecified atom stereocenters. The summed E-state index contributed by atoms with van der Waals surface area (Å²) in [6, 6.07) is 14.6. The first-order valence-corrected chi connectivity index (χ1v) is 7.89. The number of hydrogen-bond acceptors (Lipinski definition) is 3. The Hall–Kier alpha value is -2.82. The van der Waals surface area contributed by atoms with Gasteiger partial charge in [-0.3, -0.25) is 9.59 Å². The van der Waals surface area contributed by atoms with Crippen molar-refractivity contribution in [3.63, 3.8) is 0 Å². The second kappa shape index (κ2) is 8.72. The van der Waals surface area contributed by atoms with E-state index < -0.39 is 0 Å². The molecule has 0 atom stereocenters. The summed E-state index contributed by atoms with van der Waals surface area (Å²) in [7, 11) is 1.64. The predicted octanol–water partition coefficient (Wildman–Crippen LogP) is 2.30. The fourth-order valence-corrected chi connectivity index (χ4v) is 2.33. The van der Waals surface area contributed by atoms with Gasteiger partial charge in [0.15, 0.2) is 0 Å². The number of methoxy groups -OCH3 is 1. The average Bonchev–Trinajstić information content (AvgIpc) is 2.64. The van der Waals surface area contributed by atoms with Gasteiger partial charge < -0.3 is 15.4 Å². The summed E-state index contributed by atoms with van der Waals surface area (Å²) in [5, 5.41) is 5.40. The molecule has 126 valence electrons. The molecule has 0 spiro atoms. The van der Waals surface area contributed by atoms with Gasteiger partial charge in [0.2, 0.25) is 5.91 Å². The van der Waals surface area contributed by atoms with Crippen LogP contribution in [0.5, 0.6) is 5.75 Å². The van der Waals surface area contributed by atoms with Gasteiger partial charge in [0.25, 0.3) is 5.91 Å². The second-order valence-electron chi connectivity index (χ2n) is 5.33. The molecule has 0 aliphatic carbocycles. The van der Waals surface area contributed by atoms with E-state index in [1.807, 2.05) is 24.3 Å². The van der Waals surface area contributed by atoms with Crippen molar-refractivity contribution >= 4 is 11.8 Å². The molecule has 0 saturated heterocycles. The lowest BCUT2D eigenvalue weighted by Crippen LogP contribution is -2.36. The molecule has 0 aromatic heterocycles. The highest BCUT2D eigenvalue weighted by atomic mass is 16.5. The van der Waals surface area contributed by atoms with Crippen molar-refractivity contribution in [3.8, 4) is 5.75 Å². The summed E-state index contributed by atoms with van der Waals surface area (Å²) in [6.45, 7) is 2.42. The molecule has 5 heteroatoms. The minimum Gasteiger partial charge on any atom is -0.496 e. The molecule has 0 aliphatic rings. The number of rotatable bonds is 7. The minimum absolute atomic E-state index is 0.0511. The molecule has 2 aromatic carbocycles. The molecule has 0 aliphatic heterocycles. The van der Waals surface area contributed by atoms with Gasteiger partial charge in [-0.25, -0.2) is 0 Å².